The average molecular weight is 222 g/mol. The van der Waals surface area contributed by atoms with Crippen LogP contribution in [0.1, 0.15) is 31.7 Å². The van der Waals surface area contributed by atoms with Crippen LogP contribution >= 0.6 is 0 Å². The number of rotatable bonds is 5. The lowest BCUT2D eigenvalue weighted by Crippen LogP contribution is -2.42. The van der Waals surface area contributed by atoms with Crippen molar-refractivity contribution in [1.82, 2.24) is 10.2 Å². The first-order valence-electron chi connectivity index (χ1n) is 6.35. The second-order valence-corrected chi connectivity index (χ2v) is 4.64. The minimum Gasteiger partial charge on any atom is -0.472 e. The lowest BCUT2D eigenvalue weighted by molar-refractivity contribution is 0.190. The maximum atomic E-state index is 5.09. The van der Waals surface area contributed by atoms with Crippen LogP contribution in [0.3, 0.4) is 0 Å². The Balaban J connectivity index is 1.69. The molecule has 16 heavy (non-hydrogen) atoms. The van der Waals surface area contributed by atoms with E-state index in [1.54, 1.807) is 6.26 Å². The SMILES string of the molecule is CCCNC1CCN(Cc2ccoc2)CC1. The Kier molecular flexibility index (Phi) is 4.43. The van der Waals surface area contributed by atoms with Crippen molar-refractivity contribution < 1.29 is 4.42 Å². The third-order valence-corrected chi connectivity index (χ3v) is 3.26. The van der Waals surface area contributed by atoms with E-state index < -0.39 is 0 Å². The monoisotopic (exact) mass is 222 g/mol. The van der Waals surface area contributed by atoms with Crippen LogP contribution in [0.15, 0.2) is 23.0 Å². The van der Waals surface area contributed by atoms with Gasteiger partial charge in [-0.15, -0.1) is 0 Å². The van der Waals surface area contributed by atoms with Crippen molar-refractivity contribution in [2.24, 2.45) is 0 Å². The Morgan fingerprint density at radius 1 is 1.44 bits per heavy atom. The van der Waals surface area contributed by atoms with Gasteiger partial charge in [-0.3, -0.25) is 4.90 Å². The van der Waals surface area contributed by atoms with E-state index in [1.807, 2.05) is 6.26 Å². The molecule has 2 heterocycles. The van der Waals surface area contributed by atoms with Gasteiger partial charge in [0.25, 0.3) is 0 Å². The number of piperidine rings is 1. The Bertz CT molecular complexity index is 276. The van der Waals surface area contributed by atoms with Crippen LogP contribution in [0, 0.1) is 0 Å². The third kappa shape index (κ3) is 3.35. The molecule has 0 aromatic carbocycles. The summed E-state index contributed by atoms with van der Waals surface area (Å²) in [5, 5.41) is 3.61. The van der Waals surface area contributed by atoms with Crippen molar-refractivity contribution in [3.05, 3.63) is 24.2 Å². The van der Waals surface area contributed by atoms with Crippen molar-refractivity contribution >= 4 is 0 Å². The molecular formula is C13H22N2O. The van der Waals surface area contributed by atoms with Crippen LogP contribution in [0.5, 0.6) is 0 Å². The lowest BCUT2D eigenvalue weighted by atomic mass is 10.0. The summed E-state index contributed by atoms with van der Waals surface area (Å²) >= 11 is 0. The molecule has 3 heteroatoms. The summed E-state index contributed by atoms with van der Waals surface area (Å²) in [5.74, 6) is 0. The highest BCUT2D eigenvalue weighted by Crippen LogP contribution is 2.13. The molecule has 1 fully saturated rings. The second kappa shape index (κ2) is 6.06. The molecule has 2 rings (SSSR count). The number of nitrogens with one attached hydrogen (secondary N) is 1. The van der Waals surface area contributed by atoms with Crippen molar-refractivity contribution in [2.45, 2.75) is 38.8 Å². The van der Waals surface area contributed by atoms with Gasteiger partial charge < -0.3 is 9.73 Å². The van der Waals surface area contributed by atoms with E-state index in [-0.39, 0.29) is 0 Å². The fourth-order valence-corrected chi connectivity index (χ4v) is 2.28. The standard InChI is InChI=1S/C13H22N2O/c1-2-6-14-13-3-7-15(8-4-13)10-12-5-9-16-11-12/h5,9,11,13-14H,2-4,6-8,10H2,1H3. The summed E-state index contributed by atoms with van der Waals surface area (Å²) in [7, 11) is 0. The lowest BCUT2D eigenvalue weighted by Gasteiger charge is -2.32. The van der Waals surface area contributed by atoms with Gasteiger partial charge in [0.05, 0.1) is 12.5 Å². The summed E-state index contributed by atoms with van der Waals surface area (Å²) < 4.78 is 5.09. The van der Waals surface area contributed by atoms with Crippen LogP contribution in [-0.2, 0) is 6.54 Å². The molecule has 3 nitrogen and oxygen atoms in total. The molecule has 1 aromatic heterocycles. The maximum Gasteiger partial charge on any atom is 0.0947 e. The predicted octanol–water partition coefficient (Wildman–Crippen LogP) is 2.24. The van der Waals surface area contributed by atoms with E-state index in [0.717, 1.165) is 19.1 Å². The zero-order valence-corrected chi connectivity index (χ0v) is 10.1. The largest absolute Gasteiger partial charge is 0.472 e. The molecule has 0 saturated carbocycles. The zero-order valence-electron chi connectivity index (χ0n) is 10.1. The van der Waals surface area contributed by atoms with E-state index in [1.165, 1.54) is 37.9 Å². The van der Waals surface area contributed by atoms with Gasteiger partial charge in [0.15, 0.2) is 0 Å². The first-order valence-corrected chi connectivity index (χ1v) is 6.35. The van der Waals surface area contributed by atoms with Gasteiger partial charge in [0.1, 0.15) is 0 Å². The fourth-order valence-electron chi connectivity index (χ4n) is 2.28. The molecule has 0 radical (unpaired) electrons. The minimum atomic E-state index is 0.737. The number of nitrogens with zero attached hydrogens (tertiary/aromatic N) is 1. The normalized spacial score (nSPS) is 19.1. The molecule has 0 unspecified atom stereocenters. The van der Waals surface area contributed by atoms with Gasteiger partial charge in [0.2, 0.25) is 0 Å². The topological polar surface area (TPSA) is 28.4 Å². The van der Waals surface area contributed by atoms with E-state index in [4.69, 9.17) is 4.42 Å². The van der Waals surface area contributed by atoms with E-state index in [0.29, 0.717) is 0 Å². The molecule has 0 atom stereocenters. The van der Waals surface area contributed by atoms with Gasteiger partial charge in [-0.1, -0.05) is 6.92 Å². The van der Waals surface area contributed by atoms with Crippen molar-refractivity contribution in [3.63, 3.8) is 0 Å². The highest BCUT2D eigenvalue weighted by Gasteiger charge is 2.18. The Morgan fingerprint density at radius 2 is 2.25 bits per heavy atom. The predicted molar refractivity (Wildman–Crippen MR) is 65.3 cm³/mol. The average Bonchev–Trinajstić information content (AvgIpc) is 2.81. The van der Waals surface area contributed by atoms with E-state index in [9.17, 15) is 0 Å². The van der Waals surface area contributed by atoms with E-state index in [2.05, 4.69) is 23.2 Å². The molecule has 1 saturated heterocycles. The minimum absolute atomic E-state index is 0.737. The van der Waals surface area contributed by atoms with Crippen molar-refractivity contribution in [1.29, 1.82) is 0 Å². The van der Waals surface area contributed by atoms with Crippen LogP contribution in [-0.4, -0.2) is 30.6 Å². The number of furan rings is 1. The number of hydrogen-bond acceptors (Lipinski definition) is 3. The van der Waals surface area contributed by atoms with Gasteiger partial charge in [0, 0.05) is 18.2 Å². The summed E-state index contributed by atoms with van der Waals surface area (Å²) in [6.45, 7) is 6.82. The van der Waals surface area contributed by atoms with Crippen molar-refractivity contribution in [2.75, 3.05) is 19.6 Å². The van der Waals surface area contributed by atoms with Crippen LogP contribution < -0.4 is 5.32 Å². The Hall–Kier alpha value is -0.800. The molecule has 1 aliphatic heterocycles. The number of likely N-dealkylation sites (tertiary alicyclic amines) is 1. The first-order chi connectivity index (χ1) is 7.88. The zero-order chi connectivity index (χ0) is 11.2. The summed E-state index contributed by atoms with van der Waals surface area (Å²) in [4.78, 5) is 2.51. The summed E-state index contributed by atoms with van der Waals surface area (Å²) in [6.07, 6.45) is 7.39. The van der Waals surface area contributed by atoms with Gasteiger partial charge in [-0.05, 0) is 45.0 Å². The second-order valence-electron chi connectivity index (χ2n) is 4.64. The number of hydrogen-bond donors (Lipinski definition) is 1. The molecule has 0 aliphatic carbocycles. The van der Waals surface area contributed by atoms with Gasteiger partial charge >= 0.3 is 0 Å². The summed E-state index contributed by atoms with van der Waals surface area (Å²) in [5.41, 5.74) is 1.29. The Morgan fingerprint density at radius 3 is 2.88 bits per heavy atom. The maximum absolute atomic E-state index is 5.09. The molecule has 0 bridgehead atoms. The van der Waals surface area contributed by atoms with Crippen LogP contribution in [0.25, 0.3) is 0 Å². The highest BCUT2D eigenvalue weighted by molar-refractivity contribution is 5.05. The molecule has 0 amide bonds. The third-order valence-electron chi connectivity index (χ3n) is 3.26. The molecule has 90 valence electrons. The first kappa shape index (κ1) is 11.7. The van der Waals surface area contributed by atoms with Crippen LogP contribution in [0.4, 0.5) is 0 Å². The van der Waals surface area contributed by atoms with E-state index >= 15 is 0 Å². The molecular weight excluding hydrogens is 200 g/mol. The fraction of sp³-hybridized carbons (Fsp3) is 0.692. The molecule has 1 N–H and O–H groups in total. The Labute approximate surface area is 97.8 Å². The highest BCUT2D eigenvalue weighted by atomic mass is 16.3. The van der Waals surface area contributed by atoms with Gasteiger partial charge in [-0.2, -0.15) is 0 Å². The molecule has 0 spiro atoms. The van der Waals surface area contributed by atoms with Crippen LogP contribution in [0.2, 0.25) is 0 Å². The summed E-state index contributed by atoms with van der Waals surface area (Å²) in [6, 6.07) is 2.79. The molecule has 1 aromatic rings. The van der Waals surface area contributed by atoms with Crippen molar-refractivity contribution in [3.8, 4) is 0 Å². The quantitative estimate of drug-likeness (QED) is 0.828. The smallest absolute Gasteiger partial charge is 0.0947 e. The molecule has 1 aliphatic rings. The van der Waals surface area contributed by atoms with Gasteiger partial charge in [-0.25, -0.2) is 0 Å².